The van der Waals surface area contributed by atoms with E-state index < -0.39 is 0 Å². The van der Waals surface area contributed by atoms with Crippen molar-refractivity contribution >= 4 is 17.1 Å². The zero-order valence-corrected chi connectivity index (χ0v) is 17.2. The molecule has 0 amide bonds. The monoisotopic (exact) mass is 400 g/mol. The second-order valence-corrected chi connectivity index (χ2v) is 8.41. The van der Waals surface area contributed by atoms with Gasteiger partial charge in [0.15, 0.2) is 5.78 Å². The van der Waals surface area contributed by atoms with Gasteiger partial charge >= 0.3 is 0 Å². The van der Waals surface area contributed by atoms with Crippen molar-refractivity contribution in [2.75, 3.05) is 52.6 Å². The topological polar surface area (TPSA) is 42.0 Å². The fourth-order valence-corrected chi connectivity index (χ4v) is 4.99. The molecule has 2 aromatic rings. The molecule has 0 N–H and O–H groups in total. The summed E-state index contributed by atoms with van der Waals surface area (Å²) in [6, 6.07) is 12.1. The lowest BCUT2D eigenvalue weighted by molar-refractivity contribution is -0.0294. The van der Waals surface area contributed by atoms with Crippen LogP contribution in [0, 0.1) is 6.92 Å². The molecule has 0 saturated carbocycles. The maximum absolute atomic E-state index is 13.8. The molecule has 0 unspecified atom stereocenters. The first-order valence-electron chi connectivity index (χ1n) is 10.0. The number of hydrogen-bond acceptors (Lipinski definition) is 6. The van der Waals surface area contributed by atoms with Gasteiger partial charge in [-0.05, 0) is 18.4 Å². The van der Waals surface area contributed by atoms with Crippen molar-refractivity contribution in [1.29, 1.82) is 0 Å². The van der Waals surface area contributed by atoms with Crippen LogP contribution in [0.3, 0.4) is 0 Å². The number of ketones is 1. The molecule has 150 valence electrons. The quantitative estimate of drug-likeness (QED) is 0.698. The molecular formula is C22H28N2O3S. The van der Waals surface area contributed by atoms with E-state index in [4.69, 9.17) is 9.47 Å². The molecule has 0 spiro atoms. The van der Waals surface area contributed by atoms with Crippen LogP contribution >= 0.6 is 11.3 Å². The van der Waals surface area contributed by atoms with Gasteiger partial charge in [-0.15, -0.1) is 11.3 Å². The highest BCUT2D eigenvalue weighted by Crippen LogP contribution is 2.34. The molecule has 2 saturated heterocycles. The molecular weight excluding hydrogens is 372 g/mol. The predicted octanol–water partition coefficient (Wildman–Crippen LogP) is 3.01. The number of hydrogen-bond donors (Lipinski definition) is 0. The summed E-state index contributed by atoms with van der Waals surface area (Å²) in [6.07, 6.45) is 0. The number of nitrogens with zero attached hydrogens (tertiary/aromatic N) is 2. The van der Waals surface area contributed by atoms with E-state index in [9.17, 15) is 4.79 Å². The van der Waals surface area contributed by atoms with Gasteiger partial charge in [0.05, 0.1) is 38.5 Å². The highest BCUT2D eigenvalue weighted by molar-refractivity contribution is 7.10. The Hall–Kier alpha value is -1.57. The van der Waals surface area contributed by atoms with Gasteiger partial charge in [-0.25, -0.2) is 0 Å². The number of thiophene rings is 1. The Balaban J connectivity index is 1.72. The maximum Gasteiger partial charge on any atom is 0.181 e. The zero-order valence-electron chi connectivity index (χ0n) is 16.4. The third kappa shape index (κ3) is 4.36. The van der Waals surface area contributed by atoms with Crippen LogP contribution in [0.1, 0.15) is 26.8 Å². The summed E-state index contributed by atoms with van der Waals surface area (Å²) in [5.74, 6) is 0.201. The maximum atomic E-state index is 13.8. The molecule has 0 aliphatic carbocycles. The predicted molar refractivity (Wildman–Crippen MR) is 111 cm³/mol. The Morgan fingerprint density at radius 3 is 2.11 bits per heavy atom. The summed E-state index contributed by atoms with van der Waals surface area (Å²) in [5.41, 5.74) is 1.96. The minimum atomic E-state index is -0.219. The summed E-state index contributed by atoms with van der Waals surface area (Å²) >= 11 is 1.74. The molecule has 2 aliphatic rings. The average Bonchev–Trinajstić information content (AvgIpc) is 3.27. The van der Waals surface area contributed by atoms with Crippen LogP contribution in [-0.4, -0.2) is 74.2 Å². The Bertz CT molecular complexity index is 751. The van der Waals surface area contributed by atoms with Crippen molar-refractivity contribution in [3.63, 3.8) is 0 Å². The van der Waals surface area contributed by atoms with Crippen LogP contribution in [0.15, 0.2) is 41.8 Å². The van der Waals surface area contributed by atoms with Crippen molar-refractivity contribution in [2.45, 2.75) is 19.0 Å². The zero-order chi connectivity index (χ0) is 19.3. The molecule has 2 aliphatic heterocycles. The Morgan fingerprint density at radius 1 is 0.929 bits per heavy atom. The SMILES string of the molecule is Cc1ccc(C(=O)[C@@H]([C@H](c2cccs2)N2CCOCC2)N2CCOCC2)cc1. The largest absolute Gasteiger partial charge is 0.379 e. The van der Waals surface area contributed by atoms with Gasteiger partial charge in [-0.2, -0.15) is 0 Å². The summed E-state index contributed by atoms with van der Waals surface area (Å²) < 4.78 is 11.2. The lowest BCUT2D eigenvalue weighted by atomic mass is 9.93. The van der Waals surface area contributed by atoms with Crippen molar-refractivity contribution in [1.82, 2.24) is 9.80 Å². The second kappa shape index (κ2) is 9.29. The van der Waals surface area contributed by atoms with Crippen LogP contribution < -0.4 is 0 Å². The number of carbonyl (C=O) groups excluding carboxylic acids is 1. The lowest BCUT2D eigenvalue weighted by Crippen LogP contribution is -2.55. The summed E-state index contributed by atoms with van der Waals surface area (Å²) in [5, 5.41) is 2.11. The van der Waals surface area contributed by atoms with Crippen LogP contribution in [-0.2, 0) is 9.47 Å². The third-order valence-electron chi connectivity index (χ3n) is 5.62. The molecule has 0 bridgehead atoms. The highest BCUT2D eigenvalue weighted by atomic mass is 32.1. The summed E-state index contributed by atoms with van der Waals surface area (Å²) in [4.78, 5) is 19.8. The van der Waals surface area contributed by atoms with E-state index in [0.717, 1.165) is 45.0 Å². The second-order valence-electron chi connectivity index (χ2n) is 7.43. The van der Waals surface area contributed by atoms with E-state index in [1.165, 1.54) is 10.4 Å². The molecule has 6 heteroatoms. The molecule has 0 radical (unpaired) electrons. The van der Waals surface area contributed by atoms with Crippen molar-refractivity contribution < 1.29 is 14.3 Å². The lowest BCUT2D eigenvalue weighted by Gasteiger charge is -2.43. The number of Topliss-reactive ketones (excluding diaryl/α,β-unsaturated/α-hetero) is 1. The van der Waals surface area contributed by atoms with Crippen LogP contribution in [0.5, 0.6) is 0 Å². The minimum absolute atomic E-state index is 0.0378. The van der Waals surface area contributed by atoms with Crippen LogP contribution in [0.25, 0.3) is 0 Å². The van der Waals surface area contributed by atoms with E-state index in [1.807, 2.05) is 24.3 Å². The standard InChI is InChI=1S/C22H28N2O3S/c1-17-4-6-18(7-5-17)22(25)21(24-10-14-27-15-11-24)20(19-3-2-16-28-19)23-8-12-26-13-9-23/h2-7,16,20-21H,8-15H2,1H3/t20-,21+/m0/s1. The number of carbonyl (C=O) groups is 1. The average molecular weight is 401 g/mol. The molecule has 2 fully saturated rings. The Labute approximate surface area is 170 Å². The first-order chi connectivity index (χ1) is 13.7. The minimum Gasteiger partial charge on any atom is -0.379 e. The number of morpholine rings is 2. The van der Waals surface area contributed by atoms with Gasteiger partial charge < -0.3 is 9.47 Å². The van der Waals surface area contributed by atoms with E-state index in [1.54, 1.807) is 11.3 Å². The molecule has 3 heterocycles. The first-order valence-corrected chi connectivity index (χ1v) is 10.9. The third-order valence-corrected chi connectivity index (χ3v) is 6.56. The first kappa shape index (κ1) is 19.7. The van der Waals surface area contributed by atoms with E-state index >= 15 is 0 Å². The molecule has 5 nitrogen and oxygen atoms in total. The van der Waals surface area contributed by atoms with Gasteiger partial charge in [0.25, 0.3) is 0 Å². The normalized spacial score (nSPS) is 21.3. The summed E-state index contributed by atoms with van der Waals surface area (Å²) in [7, 11) is 0. The highest BCUT2D eigenvalue weighted by Gasteiger charge is 2.40. The fraction of sp³-hybridized carbons (Fsp3) is 0.500. The molecule has 4 rings (SSSR count). The Kier molecular flexibility index (Phi) is 6.54. The molecule has 28 heavy (non-hydrogen) atoms. The van der Waals surface area contributed by atoms with Gasteiger partial charge in [-0.3, -0.25) is 14.6 Å². The van der Waals surface area contributed by atoms with Crippen molar-refractivity contribution in [3.05, 3.63) is 57.8 Å². The Morgan fingerprint density at radius 2 is 1.54 bits per heavy atom. The van der Waals surface area contributed by atoms with Crippen molar-refractivity contribution in [3.8, 4) is 0 Å². The number of benzene rings is 1. The fourth-order valence-electron chi connectivity index (χ4n) is 4.10. The van der Waals surface area contributed by atoms with Crippen LogP contribution in [0.2, 0.25) is 0 Å². The van der Waals surface area contributed by atoms with E-state index in [-0.39, 0.29) is 17.9 Å². The molecule has 2 atom stereocenters. The number of aryl methyl sites for hydroxylation is 1. The van der Waals surface area contributed by atoms with Gasteiger partial charge in [0.2, 0.25) is 0 Å². The van der Waals surface area contributed by atoms with Crippen molar-refractivity contribution in [2.24, 2.45) is 0 Å². The molecule has 1 aromatic carbocycles. The smallest absolute Gasteiger partial charge is 0.181 e. The van der Waals surface area contributed by atoms with Gasteiger partial charge in [0.1, 0.15) is 0 Å². The van der Waals surface area contributed by atoms with Gasteiger partial charge in [-0.1, -0.05) is 35.9 Å². The van der Waals surface area contributed by atoms with E-state index in [2.05, 4.69) is 34.2 Å². The van der Waals surface area contributed by atoms with Crippen LogP contribution in [0.4, 0.5) is 0 Å². The van der Waals surface area contributed by atoms with Gasteiger partial charge in [0, 0.05) is 36.6 Å². The summed E-state index contributed by atoms with van der Waals surface area (Å²) in [6.45, 7) is 8.12. The van der Waals surface area contributed by atoms with E-state index in [0.29, 0.717) is 13.2 Å². The number of rotatable bonds is 6. The number of ether oxygens (including phenoxy) is 2. The molecule has 1 aromatic heterocycles.